The fraction of sp³-hybridized carbons (Fsp3) is 0.560. The molecule has 5 heteroatoms. The Morgan fingerprint density at radius 2 is 1.77 bits per heavy atom. The summed E-state index contributed by atoms with van der Waals surface area (Å²) in [6.07, 6.45) is 10.8. The van der Waals surface area contributed by atoms with Gasteiger partial charge in [0, 0.05) is 0 Å². The van der Waals surface area contributed by atoms with E-state index in [1.54, 1.807) is 0 Å². The van der Waals surface area contributed by atoms with Gasteiger partial charge in [-0.15, -0.1) is 0 Å². The third-order valence-corrected chi connectivity index (χ3v) is 8.62. The number of cyclic esters (lactones) is 1. The van der Waals surface area contributed by atoms with Gasteiger partial charge in [0.25, 0.3) is 0 Å². The summed E-state index contributed by atoms with van der Waals surface area (Å²) >= 11 is 2.42. The molecular formula is C25H30INO3. The number of benzene rings is 2. The number of hydrogen-bond acceptors (Lipinski definition) is 3. The van der Waals surface area contributed by atoms with Crippen LogP contribution in [0.4, 0.5) is 4.79 Å². The van der Waals surface area contributed by atoms with E-state index >= 15 is 0 Å². The molecule has 2 aromatic rings. The highest BCUT2D eigenvalue weighted by Crippen LogP contribution is 2.41. The minimum atomic E-state index is -0.468. The van der Waals surface area contributed by atoms with Crippen molar-refractivity contribution in [2.24, 2.45) is 11.8 Å². The highest BCUT2D eigenvalue weighted by Gasteiger charge is 2.36. The number of alkyl carbamates (subject to hydrolysis) is 1. The maximum Gasteiger partial charge on any atom is 0.408 e. The van der Waals surface area contributed by atoms with Crippen molar-refractivity contribution in [1.82, 2.24) is 5.32 Å². The maximum atomic E-state index is 11.5. The first kappa shape index (κ1) is 20.4. The third kappa shape index (κ3) is 3.90. The zero-order valence-corrected chi connectivity index (χ0v) is 19.7. The SMILES string of the molecule is CC1(c2ccc3c(I)c(OC4CCC(C5CCCC5)CC4)ccc3c2)COC(=O)N1. The Kier molecular flexibility index (Phi) is 5.58. The first-order valence-electron chi connectivity index (χ1n) is 11.4. The van der Waals surface area contributed by atoms with Gasteiger partial charge in [-0.2, -0.15) is 0 Å². The van der Waals surface area contributed by atoms with E-state index < -0.39 is 5.54 Å². The van der Waals surface area contributed by atoms with Crippen LogP contribution in [-0.2, 0) is 10.3 Å². The molecule has 3 fully saturated rings. The molecule has 30 heavy (non-hydrogen) atoms. The minimum absolute atomic E-state index is 0.345. The predicted octanol–water partition coefficient (Wildman–Crippen LogP) is 6.53. The van der Waals surface area contributed by atoms with Crippen molar-refractivity contribution in [1.29, 1.82) is 0 Å². The second kappa shape index (κ2) is 8.21. The Labute approximate surface area is 192 Å². The highest BCUT2D eigenvalue weighted by molar-refractivity contribution is 14.1. The molecule has 0 radical (unpaired) electrons. The van der Waals surface area contributed by atoms with Gasteiger partial charge in [0.1, 0.15) is 12.4 Å². The number of hydrogen-bond donors (Lipinski definition) is 1. The zero-order valence-electron chi connectivity index (χ0n) is 17.6. The Hall–Kier alpha value is -1.50. The molecule has 1 aliphatic heterocycles. The monoisotopic (exact) mass is 519 g/mol. The predicted molar refractivity (Wildman–Crippen MR) is 127 cm³/mol. The minimum Gasteiger partial charge on any atom is -0.489 e. The summed E-state index contributed by atoms with van der Waals surface area (Å²) in [6.45, 7) is 2.36. The summed E-state index contributed by atoms with van der Waals surface area (Å²) in [5, 5.41) is 5.29. The molecule has 1 atom stereocenters. The van der Waals surface area contributed by atoms with E-state index in [4.69, 9.17) is 9.47 Å². The molecule has 4 nitrogen and oxygen atoms in total. The number of rotatable bonds is 4. The topological polar surface area (TPSA) is 47.6 Å². The lowest BCUT2D eigenvalue weighted by Gasteiger charge is -2.32. The van der Waals surface area contributed by atoms with Crippen LogP contribution in [0, 0.1) is 15.4 Å². The van der Waals surface area contributed by atoms with E-state index in [1.165, 1.54) is 60.3 Å². The van der Waals surface area contributed by atoms with Crippen molar-refractivity contribution >= 4 is 39.5 Å². The van der Waals surface area contributed by atoms with Gasteiger partial charge in [-0.25, -0.2) is 4.79 Å². The number of amides is 1. The fourth-order valence-electron chi connectivity index (χ4n) is 5.66. The Balaban J connectivity index is 1.29. The number of carbonyl (C=O) groups excluding carboxylic acids is 1. The smallest absolute Gasteiger partial charge is 0.408 e. The highest BCUT2D eigenvalue weighted by atomic mass is 127. The van der Waals surface area contributed by atoms with E-state index in [0.717, 1.165) is 28.5 Å². The van der Waals surface area contributed by atoms with Crippen LogP contribution in [0.1, 0.15) is 63.9 Å². The quantitative estimate of drug-likeness (QED) is 0.468. The lowest BCUT2D eigenvalue weighted by molar-refractivity contribution is 0.110. The molecule has 2 saturated carbocycles. The lowest BCUT2D eigenvalue weighted by atomic mass is 9.78. The van der Waals surface area contributed by atoms with Gasteiger partial charge in [0.05, 0.1) is 15.2 Å². The number of ether oxygens (including phenoxy) is 2. The van der Waals surface area contributed by atoms with E-state index in [2.05, 4.69) is 58.2 Å². The second-order valence-corrected chi connectivity index (χ2v) is 10.6. The molecule has 1 amide bonds. The van der Waals surface area contributed by atoms with Crippen LogP contribution in [0.5, 0.6) is 5.75 Å². The van der Waals surface area contributed by atoms with Crippen molar-refractivity contribution in [2.45, 2.75) is 69.9 Å². The first-order valence-corrected chi connectivity index (χ1v) is 12.4. The van der Waals surface area contributed by atoms with E-state index in [0.29, 0.717) is 12.7 Å². The van der Waals surface area contributed by atoms with Crippen LogP contribution in [0.2, 0.25) is 0 Å². The Morgan fingerprint density at radius 1 is 1.03 bits per heavy atom. The van der Waals surface area contributed by atoms with Gasteiger partial charge in [-0.05, 0) is 95.5 Å². The first-order chi connectivity index (χ1) is 14.5. The molecule has 2 aliphatic carbocycles. The molecule has 1 saturated heterocycles. The largest absolute Gasteiger partial charge is 0.489 e. The van der Waals surface area contributed by atoms with Crippen LogP contribution in [0.25, 0.3) is 10.8 Å². The molecular weight excluding hydrogens is 489 g/mol. The fourth-order valence-corrected chi connectivity index (χ4v) is 6.45. The van der Waals surface area contributed by atoms with E-state index in [-0.39, 0.29) is 6.09 Å². The average molecular weight is 519 g/mol. The summed E-state index contributed by atoms with van der Waals surface area (Å²) in [7, 11) is 0. The van der Waals surface area contributed by atoms with Gasteiger partial charge in [-0.1, -0.05) is 43.9 Å². The maximum absolute atomic E-state index is 11.5. The van der Waals surface area contributed by atoms with Crippen LogP contribution in [0.3, 0.4) is 0 Å². The zero-order chi connectivity index (χ0) is 20.7. The van der Waals surface area contributed by atoms with Gasteiger partial charge >= 0.3 is 6.09 Å². The second-order valence-electron chi connectivity index (χ2n) is 9.55. The van der Waals surface area contributed by atoms with Crippen LogP contribution >= 0.6 is 22.6 Å². The normalized spacial score (nSPS) is 29.7. The number of halogens is 1. The van der Waals surface area contributed by atoms with Crippen LogP contribution in [0.15, 0.2) is 30.3 Å². The Bertz CT molecular complexity index is 947. The van der Waals surface area contributed by atoms with Gasteiger partial charge < -0.3 is 14.8 Å². The summed E-state index contributed by atoms with van der Waals surface area (Å²) in [5.74, 6) is 2.92. The van der Waals surface area contributed by atoms with Gasteiger partial charge in [0.15, 0.2) is 0 Å². The van der Waals surface area contributed by atoms with Gasteiger partial charge in [0.2, 0.25) is 0 Å². The molecule has 1 N–H and O–H groups in total. The summed E-state index contributed by atoms with van der Waals surface area (Å²) < 4.78 is 12.8. The summed E-state index contributed by atoms with van der Waals surface area (Å²) in [5.41, 5.74) is 0.597. The van der Waals surface area contributed by atoms with Crippen molar-refractivity contribution < 1.29 is 14.3 Å². The number of carbonyl (C=O) groups is 1. The molecule has 0 spiro atoms. The van der Waals surface area contributed by atoms with E-state index in [9.17, 15) is 4.79 Å². The number of nitrogens with one attached hydrogen (secondary N) is 1. The number of fused-ring (bicyclic) bond motifs is 1. The van der Waals surface area contributed by atoms with Crippen molar-refractivity contribution in [3.05, 3.63) is 39.5 Å². The van der Waals surface area contributed by atoms with Crippen LogP contribution in [-0.4, -0.2) is 18.8 Å². The lowest BCUT2D eigenvalue weighted by Crippen LogP contribution is -2.37. The third-order valence-electron chi connectivity index (χ3n) is 7.50. The Morgan fingerprint density at radius 3 is 2.47 bits per heavy atom. The van der Waals surface area contributed by atoms with Crippen molar-refractivity contribution in [3.8, 4) is 5.75 Å². The molecule has 5 rings (SSSR count). The van der Waals surface area contributed by atoms with Crippen LogP contribution < -0.4 is 10.1 Å². The molecule has 2 aromatic carbocycles. The standard InChI is InChI=1S/C25H30INO3/c1-25(15-29-24(28)27-25)19-9-12-21-18(14-19)8-13-22(23(21)26)30-20-10-6-17(7-11-20)16-4-2-3-5-16/h8-9,12-14,16-17,20H,2-7,10-11,15H2,1H3,(H,27,28). The average Bonchev–Trinajstić information content (AvgIpc) is 3.41. The molecule has 1 heterocycles. The van der Waals surface area contributed by atoms with Gasteiger partial charge in [-0.3, -0.25) is 0 Å². The van der Waals surface area contributed by atoms with Crippen molar-refractivity contribution in [2.75, 3.05) is 6.61 Å². The molecule has 1 unspecified atom stereocenters. The summed E-state index contributed by atoms with van der Waals surface area (Å²) in [4.78, 5) is 11.5. The summed E-state index contributed by atoms with van der Waals surface area (Å²) in [6, 6.07) is 10.6. The van der Waals surface area contributed by atoms with E-state index in [1.807, 2.05) is 6.92 Å². The molecule has 0 bridgehead atoms. The van der Waals surface area contributed by atoms with Crippen molar-refractivity contribution in [3.63, 3.8) is 0 Å². The molecule has 3 aliphatic rings. The molecule has 0 aromatic heterocycles. The molecule has 160 valence electrons.